The molecule has 0 radical (unpaired) electrons. The van der Waals surface area contributed by atoms with Gasteiger partial charge in [-0.2, -0.15) is 5.26 Å². The van der Waals surface area contributed by atoms with Gasteiger partial charge in [0.2, 0.25) is 0 Å². The first-order valence-corrected chi connectivity index (χ1v) is 12.8. The van der Waals surface area contributed by atoms with E-state index >= 15 is 0 Å². The van der Waals surface area contributed by atoms with Gasteiger partial charge in [-0.05, 0) is 36.9 Å². The van der Waals surface area contributed by atoms with Crippen molar-refractivity contribution >= 4 is 20.4 Å². The molecule has 4 heteroatoms. The molecule has 1 aromatic rings. The summed E-state index contributed by atoms with van der Waals surface area (Å²) in [7, 11) is -1.29. The van der Waals surface area contributed by atoms with Crippen molar-refractivity contribution in [2.45, 2.75) is 96.8 Å². The molecule has 0 saturated heterocycles. The van der Waals surface area contributed by atoms with Crippen molar-refractivity contribution in [1.29, 1.82) is 5.26 Å². The Kier molecular flexibility index (Phi) is 10.6. The number of thiophene rings is 1. The van der Waals surface area contributed by atoms with Crippen LogP contribution in [0.1, 0.15) is 89.0 Å². The highest BCUT2D eigenvalue weighted by atomic mass is 32.1. The Labute approximate surface area is 155 Å². The van der Waals surface area contributed by atoms with Crippen LogP contribution >= 0.6 is 11.3 Å². The molecule has 1 atom stereocenters. The summed E-state index contributed by atoms with van der Waals surface area (Å²) in [5, 5.41) is 11.4. The minimum atomic E-state index is -1.29. The third-order valence-corrected chi connectivity index (χ3v) is 9.37. The van der Waals surface area contributed by atoms with Gasteiger partial charge in [-0.25, -0.2) is 0 Å². The van der Waals surface area contributed by atoms with Crippen molar-refractivity contribution in [2.75, 3.05) is 0 Å². The fourth-order valence-electron chi connectivity index (χ4n) is 3.47. The summed E-state index contributed by atoms with van der Waals surface area (Å²) in [5.74, 6) is 0. The Bertz CT molecular complexity index is 472. The normalized spacial score (nSPS) is 13.0. The SMILES string of the molecule is CCCCC(CCCC)(CCCC)[SiH](C)OCc1cc(C#N)cs1. The molecule has 0 bridgehead atoms. The van der Waals surface area contributed by atoms with Crippen molar-refractivity contribution in [3.8, 4) is 6.07 Å². The number of hydrogen-bond donors (Lipinski definition) is 0. The number of nitriles is 1. The second-order valence-corrected chi connectivity index (χ2v) is 10.9. The van der Waals surface area contributed by atoms with E-state index in [0.29, 0.717) is 11.6 Å². The fourth-order valence-corrected chi connectivity index (χ4v) is 6.94. The number of rotatable bonds is 13. The van der Waals surface area contributed by atoms with Crippen LogP contribution in [0, 0.1) is 11.3 Å². The topological polar surface area (TPSA) is 33.0 Å². The van der Waals surface area contributed by atoms with E-state index in [1.165, 1.54) is 62.7 Å². The van der Waals surface area contributed by atoms with Crippen molar-refractivity contribution < 1.29 is 4.43 Å². The summed E-state index contributed by atoms with van der Waals surface area (Å²) in [6, 6.07) is 4.20. The van der Waals surface area contributed by atoms with Gasteiger partial charge in [-0.15, -0.1) is 11.3 Å². The van der Waals surface area contributed by atoms with Crippen LogP contribution in [0.25, 0.3) is 0 Å². The number of nitrogens with zero attached hydrogens (tertiary/aromatic N) is 1. The summed E-state index contributed by atoms with van der Waals surface area (Å²) < 4.78 is 6.48. The molecular formula is C20H35NOSSi. The Hall–Kier alpha value is -0.633. The Morgan fingerprint density at radius 1 is 1.08 bits per heavy atom. The second kappa shape index (κ2) is 11.8. The van der Waals surface area contributed by atoms with Gasteiger partial charge in [-0.1, -0.05) is 59.3 Å². The highest BCUT2D eigenvalue weighted by molar-refractivity contribution is 7.10. The van der Waals surface area contributed by atoms with E-state index in [4.69, 9.17) is 9.69 Å². The highest BCUT2D eigenvalue weighted by Crippen LogP contribution is 2.47. The van der Waals surface area contributed by atoms with Gasteiger partial charge >= 0.3 is 0 Å². The van der Waals surface area contributed by atoms with Crippen LogP contribution in [0.4, 0.5) is 0 Å². The highest BCUT2D eigenvalue weighted by Gasteiger charge is 2.36. The predicted molar refractivity (Wildman–Crippen MR) is 108 cm³/mol. The fraction of sp³-hybridized carbons (Fsp3) is 0.750. The maximum absolute atomic E-state index is 8.97. The van der Waals surface area contributed by atoms with E-state index in [1.54, 1.807) is 11.3 Å². The van der Waals surface area contributed by atoms with Crippen LogP contribution < -0.4 is 0 Å². The van der Waals surface area contributed by atoms with Crippen molar-refractivity contribution in [2.24, 2.45) is 0 Å². The zero-order valence-corrected chi connectivity index (χ0v) is 18.0. The lowest BCUT2D eigenvalue weighted by Gasteiger charge is -2.38. The first-order valence-electron chi connectivity index (χ1n) is 9.71. The van der Waals surface area contributed by atoms with Crippen molar-refractivity contribution in [3.05, 3.63) is 21.9 Å². The summed E-state index contributed by atoms with van der Waals surface area (Å²) in [4.78, 5) is 1.20. The molecule has 24 heavy (non-hydrogen) atoms. The van der Waals surface area contributed by atoms with Crippen molar-refractivity contribution in [1.82, 2.24) is 0 Å². The van der Waals surface area contributed by atoms with Crippen LogP contribution in [0.3, 0.4) is 0 Å². The smallest absolute Gasteiger partial charge is 0.180 e. The van der Waals surface area contributed by atoms with E-state index in [1.807, 2.05) is 11.4 Å². The standard InChI is InChI=1S/C20H35NOSSi/c1-5-8-11-20(12-9-6-2,13-10-7-3)24(4)22-16-19-14-18(15-21)17-23-19/h14,17,24H,5-13,16H2,1-4H3. The molecule has 1 heterocycles. The molecule has 0 N–H and O–H groups in total. The summed E-state index contributed by atoms with van der Waals surface area (Å²) in [6.45, 7) is 10.0. The summed E-state index contributed by atoms with van der Waals surface area (Å²) >= 11 is 1.66. The van der Waals surface area contributed by atoms with Gasteiger partial charge in [0, 0.05) is 10.3 Å². The van der Waals surface area contributed by atoms with E-state index in [0.717, 1.165) is 5.56 Å². The summed E-state index contributed by atoms with van der Waals surface area (Å²) in [5.41, 5.74) is 0.766. The molecule has 0 aromatic carbocycles. The maximum atomic E-state index is 8.97. The van der Waals surface area contributed by atoms with Gasteiger partial charge in [0.1, 0.15) is 6.07 Å². The number of unbranched alkanes of at least 4 members (excludes halogenated alkanes) is 3. The molecule has 0 aliphatic heterocycles. The first-order chi connectivity index (χ1) is 11.6. The molecule has 0 saturated carbocycles. The molecule has 2 nitrogen and oxygen atoms in total. The molecular weight excluding hydrogens is 330 g/mol. The minimum absolute atomic E-state index is 0.456. The van der Waals surface area contributed by atoms with Gasteiger partial charge < -0.3 is 4.43 Å². The quantitative estimate of drug-likeness (QED) is 0.360. The van der Waals surface area contributed by atoms with Crippen LogP contribution in [0.15, 0.2) is 11.4 Å². The average Bonchev–Trinajstić information content (AvgIpc) is 3.07. The van der Waals surface area contributed by atoms with Crippen LogP contribution in [0.5, 0.6) is 0 Å². The van der Waals surface area contributed by atoms with Gasteiger partial charge in [0.25, 0.3) is 0 Å². The molecule has 0 fully saturated rings. The van der Waals surface area contributed by atoms with Crippen LogP contribution in [0.2, 0.25) is 11.6 Å². The summed E-state index contributed by atoms with van der Waals surface area (Å²) in [6.07, 6.45) is 11.8. The molecule has 1 aromatic heterocycles. The first kappa shape index (κ1) is 21.4. The van der Waals surface area contributed by atoms with Gasteiger partial charge in [-0.3, -0.25) is 0 Å². The Morgan fingerprint density at radius 2 is 1.62 bits per heavy atom. The van der Waals surface area contributed by atoms with Crippen LogP contribution in [-0.2, 0) is 11.0 Å². The van der Waals surface area contributed by atoms with Gasteiger partial charge in [0.15, 0.2) is 9.04 Å². The Morgan fingerprint density at radius 3 is 2.04 bits per heavy atom. The third-order valence-electron chi connectivity index (χ3n) is 5.21. The monoisotopic (exact) mass is 365 g/mol. The maximum Gasteiger partial charge on any atom is 0.180 e. The minimum Gasteiger partial charge on any atom is -0.415 e. The molecule has 0 amide bonds. The molecule has 1 rings (SSSR count). The molecule has 0 aliphatic carbocycles. The molecule has 136 valence electrons. The van der Waals surface area contributed by atoms with E-state index in [-0.39, 0.29) is 0 Å². The largest absolute Gasteiger partial charge is 0.415 e. The van der Waals surface area contributed by atoms with E-state index in [2.05, 4.69) is 33.4 Å². The lowest BCUT2D eigenvalue weighted by atomic mass is 9.89. The lowest BCUT2D eigenvalue weighted by Crippen LogP contribution is -2.33. The molecule has 0 spiro atoms. The lowest BCUT2D eigenvalue weighted by molar-refractivity contribution is 0.263. The van der Waals surface area contributed by atoms with E-state index in [9.17, 15) is 0 Å². The third kappa shape index (κ3) is 6.70. The average molecular weight is 366 g/mol. The second-order valence-electron chi connectivity index (χ2n) is 7.04. The zero-order chi connectivity index (χ0) is 17.8. The molecule has 1 unspecified atom stereocenters. The zero-order valence-electron chi connectivity index (χ0n) is 16.1. The van der Waals surface area contributed by atoms with Gasteiger partial charge in [0.05, 0.1) is 12.2 Å². The molecule has 0 aliphatic rings. The van der Waals surface area contributed by atoms with Crippen LogP contribution in [-0.4, -0.2) is 9.04 Å². The predicted octanol–water partition coefficient (Wildman–Crippen LogP) is 6.80. The number of hydrogen-bond acceptors (Lipinski definition) is 3. The van der Waals surface area contributed by atoms with E-state index < -0.39 is 9.04 Å². The Balaban J connectivity index is 2.77. The van der Waals surface area contributed by atoms with Crippen molar-refractivity contribution in [3.63, 3.8) is 0 Å².